The average molecular weight is 299 g/mol. The van der Waals surface area contributed by atoms with Gasteiger partial charge >= 0.3 is 0 Å². The summed E-state index contributed by atoms with van der Waals surface area (Å²) in [4.78, 5) is 0. The lowest BCUT2D eigenvalue weighted by Gasteiger charge is -2.09. The first kappa shape index (κ1) is 20.9. The zero-order chi connectivity index (χ0) is 15.6. The Kier molecular flexibility index (Phi) is 17.9. The normalized spacial score (nSPS) is 12.7. The fourth-order valence-corrected chi connectivity index (χ4v) is 2.88. The number of hydrogen-bond acceptors (Lipinski definition) is 2. The number of rotatable bonds is 17. The summed E-state index contributed by atoms with van der Waals surface area (Å²) in [6.07, 6.45) is 22.7. The van der Waals surface area contributed by atoms with E-state index in [9.17, 15) is 0 Å². The van der Waals surface area contributed by atoms with Crippen molar-refractivity contribution in [2.75, 3.05) is 7.05 Å². The highest BCUT2D eigenvalue weighted by atomic mass is 15.0. The van der Waals surface area contributed by atoms with Crippen molar-refractivity contribution >= 4 is 0 Å². The minimum atomic E-state index is 0.201. The molecule has 1 unspecified atom stereocenters. The quantitative estimate of drug-likeness (QED) is 0.265. The van der Waals surface area contributed by atoms with Crippen LogP contribution in [-0.2, 0) is 0 Å². The van der Waals surface area contributed by atoms with Gasteiger partial charge in [-0.1, -0.05) is 103 Å². The smallest absolute Gasteiger partial charge is 0.0543 e. The van der Waals surface area contributed by atoms with Crippen molar-refractivity contribution in [3.05, 3.63) is 0 Å². The largest absolute Gasteiger partial charge is 0.316 e. The highest BCUT2D eigenvalue weighted by Gasteiger charge is 1.98. The summed E-state index contributed by atoms with van der Waals surface area (Å²) in [6.45, 7) is 2.29. The third kappa shape index (κ3) is 17.9. The van der Waals surface area contributed by atoms with Crippen LogP contribution in [0.25, 0.3) is 0 Å². The highest BCUT2D eigenvalue weighted by Crippen LogP contribution is 2.13. The van der Waals surface area contributed by atoms with Crippen LogP contribution in [0.3, 0.4) is 0 Å². The maximum Gasteiger partial charge on any atom is 0.0543 e. The van der Waals surface area contributed by atoms with E-state index < -0.39 is 0 Å². The fourth-order valence-electron chi connectivity index (χ4n) is 2.88. The standard InChI is InChI=1S/C19H42N2/c1-3-4-5-6-7-8-9-10-11-12-13-14-15-16-17-18-19(20)21-2/h19,21H,3-18,20H2,1-2H3. The van der Waals surface area contributed by atoms with Crippen LogP contribution in [0.5, 0.6) is 0 Å². The van der Waals surface area contributed by atoms with E-state index in [4.69, 9.17) is 5.73 Å². The molecule has 1 atom stereocenters. The van der Waals surface area contributed by atoms with Crippen LogP contribution in [0.2, 0.25) is 0 Å². The Labute approximate surface area is 134 Å². The van der Waals surface area contributed by atoms with Crippen molar-refractivity contribution in [1.82, 2.24) is 5.32 Å². The van der Waals surface area contributed by atoms with Gasteiger partial charge in [-0.2, -0.15) is 0 Å². The summed E-state index contributed by atoms with van der Waals surface area (Å²) in [7, 11) is 1.94. The summed E-state index contributed by atoms with van der Waals surface area (Å²) in [5.41, 5.74) is 5.82. The van der Waals surface area contributed by atoms with Crippen molar-refractivity contribution in [2.24, 2.45) is 5.73 Å². The zero-order valence-corrected chi connectivity index (χ0v) is 15.0. The van der Waals surface area contributed by atoms with Crippen LogP contribution in [0.15, 0.2) is 0 Å². The molecule has 0 rings (SSSR count). The molecule has 0 amide bonds. The molecule has 0 saturated heterocycles. The molecule has 0 aliphatic heterocycles. The summed E-state index contributed by atoms with van der Waals surface area (Å²) < 4.78 is 0. The topological polar surface area (TPSA) is 38.0 Å². The molecule has 0 aromatic carbocycles. The second-order valence-corrected chi connectivity index (χ2v) is 6.63. The van der Waals surface area contributed by atoms with E-state index in [1.54, 1.807) is 0 Å². The van der Waals surface area contributed by atoms with Crippen LogP contribution < -0.4 is 11.1 Å². The molecule has 0 aromatic heterocycles. The fraction of sp³-hybridized carbons (Fsp3) is 1.00. The molecule has 0 aromatic rings. The summed E-state index contributed by atoms with van der Waals surface area (Å²) in [5, 5.41) is 3.09. The summed E-state index contributed by atoms with van der Waals surface area (Å²) in [5.74, 6) is 0. The van der Waals surface area contributed by atoms with Crippen molar-refractivity contribution in [2.45, 2.75) is 116 Å². The van der Waals surface area contributed by atoms with Crippen LogP contribution >= 0.6 is 0 Å². The molecular weight excluding hydrogens is 256 g/mol. The van der Waals surface area contributed by atoms with Crippen LogP contribution in [0, 0.1) is 0 Å². The molecule has 0 radical (unpaired) electrons. The minimum absolute atomic E-state index is 0.201. The van der Waals surface area contributed by atoms with Gasteiger partial charge in [-0.05, 0) is 13.5 Å². The van der Waals surface area contributed by atoms with E-state index in [0.717, 1.165) is 6.42 Å². The van der Waals surface area contributed by atoms with Crippen LogP contribution in [-0.4, -0.2) is 13.2 Å². The van der Waals surface area contributed by atoms with Crippen LogP contribution in [0.4, 0.5) is 0 Å². The molecule has 128 valence electrons. The predicted octanol–water partition coefficient (Wildman–Crippen LogP) is 5.75. The third-order valence-corrected chi connectivity index (χ3v) is 4.49. The molecule has 0 bridgehead atoms. The molecule has 0 spiro atoms. The molecule has 2 nitrogen and oxygen atoms in total. The van der Waals surface area contributed by atoms with E-state index in [0.29, 0.717) is 0 Å². The van der Waals surface area contributed by atoms with E-state index in [2.05, 4.69) is 12.2 Å². The number of nitrogens with one attached hydrogen (secondary N) is 1. The minimum Gasteiger partial charge on any atom is -0.316 e. The Morgan fingerprint density at radius 2 is 0.952 bits per heavy atom. The van der Waals surface area contributed by atoms with Gasteiger partial charge in [0.1, 0.15) is 0 Å². The van der Waals surface area contributed by atoms with E-state index in [1.165, 1.54) is 96.3 Å². The first-order valence-corrected chi connectivity index (χ1v) is 9.74. The van der Waals surface area contributed by atoms with E-state index in [1.807, 2.05) is 7.05 Å². The van der Waals surface area contributed by atoms with Crippen molar-refractivity contribution < 1.29 is 0 Å². The Balaban J connectivity index is 2.96. The van der Waals surface area contributed by atoms with Gasteiger partial charge in [-0.25, -0.2) is 0 Å². The monoisotopic (exact) mass is 298 g/mol. The lowest BCUT2D eigenvalue weighted by atomic mass is 10.0. The lowest BCUT2D eigenvalue weighted by Crippen LogP contribution is -2.33. The van der Waals surface area contributed by atoms with Gasteiger partial charge < -0.3 is 11.1 Å². The number of unbranched alkanes of at least 4 members (excludes halogenated alkanes) is 14. The first-order chi connectivity index (χ1) is 10.3. The molecule has 0 aliphatic carbocycles. The van der Waals surface area contributed by atoms with Crippen LogP contribution in [0.1, 0.15) is 110 Å². The highest BCUT2D eigenvalue weighted by molar-refractivity contribution is 4.55. The van der Waals surface area contributed by atoms with Gasteiger partial charge in [0.05, 0.1) is 6.17 Å². The molecule has 3 N–H and O–H groups in total. The predicted molar refractivity (Wildman–Crippen MR) is 96.6 cm³/mol. The lowest BCUT2D eigenvalue weighted by molar-refractivity contribution is 0.488. The van der Waals surface area contributed by atoms with Crippen molar-refractivity contribution in [1.29, 1.82) is 0 Å². The van der Waals surface area contributed by atoms with Crippen molar-refractivity contribution in [3.8, 4) is 0 Å². The Hall–Kier alpha value is -0.0800. The molecule has 21 heavy (non-hydrogen) atoms. The van der Waals surface area contributed by atoms with Gasteiger partial charge in [0.25, 0.3) is 0 Å². The molecule has 0 heterocycles. The second kappa shape index (κ2) is 18.0. The van der Waals surface area contributed by atoms with E-state index >= 15 is 0 Å². The maximum atomic E-state index is 5.82. The average Bonchev–Trinajstić information content (AvgIpc) is 2.50. The Morgan fingerprint density at radius 1 is 0.619 bits per heavy atom. The Morgan fingerprint density at radius 3 is 1.29 bits per heavy atom. The third-order valence-electron chi connectivity index (χ3n) is 4.49. The molecule has 0 fully saturated rings. The number of nitrogens with two attached hydrogens (primary N) is 1. The summed E-state index contributed by atoms with van der Waals surface area (Å²) in [6, 6.07) is 0. The summed E-state index contributed by atoms with van der Waals surface area (Å²) >= 11 is 0. The SMILES string of the molecule is CCCCCCCCCCCCCCCCCC(N)NC. The second-order valence-electron chi connectivity index (χ2n) is 6.63. The molecule has 2 heteroatoms. The zero-order valence-electron chi connectivity index (χ0n) is 15.0. The van der Waals surface area contributed by atoms with E-state index in [-0.39, 0.29) is 6.17 Å². The van der Waals surface area contributed by atoms with Crippen molar-refractivity contribution in [3.63, 3.8) is 0 Å². The molecule has 0 saturated carbocycles. The van der Waals surface area contributed by atoms with Gasteiger partial charge in [0.15, 0.2) is 0 Å². The number of hydrogen-bond donors (Lipinski definition) is 2. The van der Waals surface area contributed by atoms with Gasteiger partial charge in [-0.3, -0.25) is 0 Å². The first-order valence-electron chi connectivity index (χ1n) is 9.74. The maximum absolute atomic E-state index is 5.82. The Bertz CT molecular complexity index is 182. The van der Waals surface area contributed by atoms with Gasteiger partial charge in [-0.15, -0.1) is 0 Å². The molecule has 0 aliphatic rings. The van der Waals surface area contributed by atoms with Gasteiger partial charge in [0, 0.05) is 0 Å². The van der Waals surface area contributed by atoms with Gasteiger partial charge in [0.2, 0.25) is 0 Å². The molecular formula is C19H42N2.